The summed E-state index contributed by atoms with van der Waals surface area (Å²) in [5.41, 5.74) is 0.704. The molecular weight excluding hydrogens is 304 g/mol. The zero-order valence-corrected chi connectivity index (χ0v) is 10.6. The smallest absolute Gasteiger partial charge is 0.260 e. The van der Waals surface area contributed by atoms with E-state index in [-0.39, 0.29) is 11.5 Å². The molecule has 0 amide bonds. The Bertz CT molecular complexity index is 536. The molecule has 0 bridgehead atoms. The molecule has 0 unspecified atom stereocenters. The lowest BCUT2D eigenvalue weighted by Gasteiger charge is -2.16. The van der Waals surface area contributed by atoms with Crippen molar-refractivity contribution in [2.45, 2.75) is 0 Å². The van der Waals surface area contributed by atoms with Gasteiger partial charge >= 0.3 is 0 Å². The van der Waals surface area contributed by atoms with Gasteiger partial charge in [-0.2, -0.15) is 0 Å². The average Bonchev–Trinajstić information content (AvgIpc) is 2.15. The first-order valence-electron chi connectivity index (χ1n) is 4.04. The molecule has 0 spiro atoms. The van der Waals surface area contributed by atoms with Crippen molar-refractivity contribution >= 4 is 41.7 Å². The summed E-state index contributed by atoms with van der Waals surface area (Å²) in [7, 11) is 1.54. The third kappa shape index (κ3) is 2.35. The van der Waals surface area contributed by atoms with Gasteiger partial charge in [-0.05, 0) is 24.3 Å². The van der Waals surface area contributed by atoms with Crippen LogP contribution in [0.1, 0.15) is 5.56 Å². The molecule has 1 aromatic rings. The van der Waals surface area contributed by atoms with Gasteiger partial charge in [0.15, 0.2) is 0 Å². The second kappa shape index (κ2) is 3.81. The van der Waals surface area contributed by atoms with Gasteiger partial charge in [-0.25, -0.2) is 8.42 Å². The van der Waals surface area contributed by atoms with Gasteiger partial charge in [0, 0.05) is 20.7 Å². The summed E-state index contributed by atoms with van der Waals surface area (Å²) in [5.74, 6) is 0.655. The molecule has 3 nitrogen and oxygen atoms in total. The fraction of sp³-hybridized carbons (Fsp3) is 0.111. The molecule has 0 N–H and O–H groups in total. The SMILES string of the molecule is O=S(=O)(Cl)C1=Cc2cc(Br)ccc2OC1. The van der Waals surface area contributed by atoms with Crippen LogP contribution in [0, 0.1) is 0 Å². The highest BCUT2D eigenvalue weighted by atomic mass is 79.9. The molecule has 0 fully saturated rings. The van der Waals surface area contributed by atoms with Crippen molar-refractivity contribution in [1.29, 1.82) is 0 Å². The lowest BCUT2D eigenvalue weighted by atomic mass is 10.1. The molecule has 0 atom stereocenters. The number of benzene rings is 1. The maximum atomic E-state index is 11.1. The molecule has 80 valence electrons. The minimum absolute atomic E-state index is 0.0134. The standard InChI is InChI=1S/C9H6BrClO3S/c10-7-1-2-9-6(3-7)4-8(5-14-9)15(11,12)13/h1-4H,5H2. The number of ether oxygens (including phenoxy) is 1. The number of fused-ring (bicyclic) bond motifs is 1. The van der Waals surface area contributed by atoms with Crippen molar-refractivity contribution in [3.63, 3.8) is 0 Å². The van der Waals surface area contributed by atoms with Crippen molar-refractivity contribution in [2.75, 3.05) is 6.61 Å². The van der Waals surface area contributed by atoms with E-state index < -0.39 is 9.05 Å². The van der Waals surface area contributed by atoms with Gasteiger partial charge in [-0.3, -0.25) is 0 Å². The van der Waals surface area contributed by atoms with E-state index in [2.05, 4.69) is 15.9 Å². The number of hydrogen-bond acceptors (Lipinski definition) is 3. The van der Waals surface area contributed by atoms with Gasteiger partial charge in [-0.15, -0.1) is 0 Å². The van der Waals surface area contributed by atoms with E-state index in [1.54, 1.807) is 12.1 Å². The molecule has 1 aliphatic rings. The molecule has 2 rings (SSSR count). The lowest BCUT2D eigenvalue weighted by molar-refractivity contribution is 0.354. The Morgan fingerprint density at radius 3 is 2.80 bits per heavy atom. The van der Waals surface area contributed by atoms with Crippen LogP contribution < -0.4 is 4.74 Å². The summed E-state index contributed by atoms with van der Waals surface area (Å²) in [5, 5.41) is 0. The Hall–Kier alpha value is -0.520. The van der Waals surface area contributed by atoms with E-state index in [1.165, 1.54) is 6.08 Å². The van der Waals surface area contributed by atoms with Gasteiger partial charge in [0.1, 0.15) is 12.4 Å². The Labute approximate surface area is 100 Å². The molecule has 6 heteroatoms. The second-order valence-electron chi connectivity index (χ2n) is 3.02. The quantitative estimate of drug-likeness (QED) is 0.749. The van der Waals surface area contributed by atoms with Crippen LogP contribution in [0.15, 0.2) is 27.6 Å². The molecule has 1 heterocycles. The molecule has 0 radical (unpaired) electrons. The van der Waals surface area contributed by atoms with Crippen molar-refractivity contribution in [2.24, 2.45) is 0 Å². The first-order valence-corrected chi connectivity index (χ1v) is 7.14. The molecule has 15 heavy (non-hydrogen) atoms. The summed E-state index contributed by atoms with van der Waals surface area (Å²) < 4.78 is 28.3. The molecule has 0 saturated carbocycles. The highest BCUT2D eigenvalue weighted by molar-refractivity contribution is 9.10. The zero-order chi connectivity index (χ0) is 11.1. The third-order valence-corrected chi connectivity index (χ3v) is 3.92. The molecule has 0 aromatic heterocycles. The topological polar surface area (TPSA) is 43.4 Å². The van der Waals surface area contributed by atoms with Crippen LogP contribution in [0.4, 0.5) is 0 Å². The molecule has 0 saturated heterocycles. The Kier molecular flexibility index (Phi) is 2.79. The van der Waals surface area contributed by atoms with E-state index in [0.29, 0.717) is 11.3 Å². The Morgan fingerprint density at radius 2 is 2.13 bits per heavy atom. The summed E-state index contributed by atoms with van der Waals surface area (Å²) in [6.45, 7) is -0.0134. The molecular formula is C9H6BrClO3S. The van der Waals surface area contributed by atoms with E-state index in [0.717, 1.165) is 4.47 Å². The minimum atomic E-state index is -3.69. The van der Waals surface area contributed by atoms with Crippen LogP contribution in [0.5, 0.6) is 5.75 Å². The number of hydrogen-bond donors (Lipinski definition) is 0. The predicted octanol–water partition coefficient (Wildman–Crippen LogP) is 2.75. The predicted molar refractivity (Wildman–Crippen MR) is 62.4 cm³/mol. The van der Waals surface area contributed by atoms with E-state index in [4.69, 9.17) is 15.4 Å². The van der Waals surface area contributed by atoms with Gasteiger partial charge in [0.05, 0.1) is 4.91 Å². The fourth-order valence-corrected chi connectivity index (χ4v) is 2.38. The summed E-state index contributed by atoms with van der Waals surface area (Å²) in [6.07, 6.45) is 1.52. The summed E-state index contributed by atoms with van der Waals surface area (Å²) in [4.78, 5) is 0.0785. The van der Waals surface area contributed by atoms with Gasteiger partial charge < -0.3 is 4.74 Å². The van der Waals surface area contributed by atoms with E-state index in [9.17, 15) is 8.42 Å². The number of rotatable bonds is 1. The van der Waals surface area contributed by atoms with Crippen molar-refractivity contribution in [3.05, 3.63) is 33.1 Å². The monoisotopic (exact) mass is 308 g/mol. The summed E-state index contributed by atoms with van der Waals surface area (Å²) in [6, 6.07) is 5.37. The van der Waals surface area contributed by atoms with E-state index in [1.807, 2.05) is 6.07 Å². The van der Waals surface area contributed by atoms with Gasteiger partial charge in [-0.1, -0.05) is 15.9 Å². The van der Waals surface area contributed by atoms with Crippen molar-refractivity contribution < 1.29 is 13.2 Å². The normalized spacial score (nSPS) is 15.2. The fourth-order valence-electron chi connectivity index (χ4n) is 1.27. The zero-order valence-electron chi connectivity index (χ0n) is 7.41. The van der Waals surface area contributed by atoms with Crippen molar-refractivity contribution in [3.8, 4) is 5.75 Å². The molecule has 1 aliphatic heterocycles. The van der Waals surface area contributed by atoms with Crippen LogP contribution in [0.3, 0.4) is 0 Å². The molecule has 0 aliphatic carbocycles. The second-order valence-corrected chi connectivity index (χ2v) is 6.55. The Morgan fingerprint density at radius 1 is 1.40 bits per heavy atom. The maximum Gasteiger partial charge on any atom is 0.260 e. The highest BCUT2D eigenvalue weighted by Crippen LogP contribution is 2.31. The Balaban J connectivity index is 2.54. The molecule has 1 aromatic carbocycles. The van der Waals surface area contributed by atoms with Crippen LogP contribution in [0.25, 0.3) is 6.08 Å². The van der Waals surface area contributed by atoms with E-state index >= 15 is 0 Å². The van der Waals surface area contributed by atoms with Crippen LogP contribution in [-0.4, -0.2) is 15.0 Å². The van der Waals surface area contributed by atoms with Crippen molar-refractivity contribution in [1.82, 2.24) is 0 Å². The first-order chi connectivity index (χ1) is 6.97. The largest absolute Gasteiger partial charge is 0.487 e. The average molecular weight is 310 g/mol. The first kappa shape index (κ1) is 11.0. The number of halogens is 2. The minimum Gasteiger partial charge on any atom is -0.487 e. The van der Waals surface area contributed by atoms with Gasteiger partial charge in [0.25, 0.3) is 9.05 Å². The highest BCUT2D eigenvalue weighted by Gasteiger charge is 2.20. The third-order valence-electron chi connectivity index (χ3n) is 1.97. The maximum absolute atomic E-state index is 11.1. The lowest BCUT2D eigenvalue weighted by Crippen LogP contribution is -2.11. The van der Waals surface area contributed by atoms with Crippen LogP contribution in [-0.2, 0) is 9.05 Å². The van der Waals surface area contributed by atoms with Crippen LogP contribution in [0.2, 0.25) is 0 Å². The van der Waals surface area contributed by atoms with Crippen LogP contribution >= 0.6 is 26.6 Å². The van der Waals surface area contributed by atoms with Gasteiger partial charge in [0.2, 0.25) is 0 Å². The summed E-state index contributed by atoms with van der Waals surface area (Å²) >= 11 is 3.29.